The van der Waals surface area contributed by atoms with Gasteiger partial charge in [0.05, 0.1) is 0 Å². The first-order valence-corrected chi connectivity index (χ1v) is 6.09. The van der Waals surface area contributed by atoms with E-state index in [2.05, 4.69) is 13.8 Å². The molecule has 0 aromatic heterocycles. The maximum absolute atomic E-state index is 12.0. The standard InChI is InChI=1S/C12H24N2O/c1-4-11(13)7-12(15)14(9(2)3)8-10-5-6-10/h9-11H,4-8,13H2,1-3H3. The molecular formula is C12H24N2O. The van der Waals surface area contributed by atoms with Gasteiger partial charge in [0.2, 0.25) is 5.91 Å². The Morgan fingerprint density at radius 3 is 2.47 bits per heavy atom. The minimum Gasteiger partial charge on any atom is -0.340 e. The van der Waals surface area contributed by atoms with Crippen molar-refractivity contribution in [2.24, 2.45) is 11.7 Å². The largest absolute Gasteiger partial charge is 0.340 e. The Kier molecular flexibility index (Phi) is 4.58. The van der Waals surface area contributed by atoms with E-state index in [0.29, 0.717) is 12.5 Å². The lowest BCUT2D eigenvalue weighted by molar-refractivity contribution is -0.133. The Labute approximate surface area is 93.0 Å². The van der Waals surface area contributed by atoms with E-state index >= 15 is 0 Å². The summed E-state index contributed by atoms with van der Waals surface area (Å²) in [6.45, 7) is 7.13. The summed E-state index contributed by atoms with van der Waals surface area (Å²) in [5.74, 6) is 0.987. The van der Waals surface area contributed by atoms with Crippen LogP contribution in [0.1, 0.15) is 46.5 Å². The summed E-state index contributed by atoms with van der Waals surface area (Å²) in [5, 5.41) is 0. The van der Waals surface area contributed by atoms with E-state index < -0.39 is 0 Å². The van der Waals surface area contributed by atoms with E-state index in [1.165, 1.54) is 12.8 Å². The van der Waals surface area contributed by atoms with Crippen LogP contribution in [0.4, 0.5) is 0 Å². The second-order valence-electron chi connectivity index (χ2n) is 4.96. The Bertz CT molecular complexity index is 212. The van der Waals surface area contributed by atoms with Crippen LogP contribution in [-0.2, 0) is 4.79 Å². The van der Waals surface area contributed by atoms with Gasteiger partial charge in [-0.2, -0.15) is 0 Å². The molecule has 1 aliphatic carbocycles. The van der Waals surface area contributed by atoms with Gasteiger partial charge >= 0.3 is 0 Å². The first kappa shape index (κ1) is 12.5. The van der Waals surface area contributed by atoms with Crippen LogP contribution in [0, 0.1) is 5.92 Å². The number of nitrogens with two attached hydrogens (primary N) is 1. The zero-order valence-electron chi connectivity index (χ0n) is 10.2. The number of hydrogen-bond acceptors (Lipinski definition) is 2. The quantitative estimate of drug-likeness (QED) is 0.729. The summed E-state index contributed by atoms with van der Waals surface area (Å²) < 4.78 is 0. The summed E-state index contributed by atoms with van der Waals surface area (Å²) in [6, 6.07) is 0.333. The van der Waals surface area contributed by atoms with Gasteiger partial charge in [-0.15, -0.1) is 0 Å². The van der Waals surface area contributed by atoms with Crippen molar-refractivity contribution in [3.8, 4) is 0 Å². The van der Waals surface area contributed by atoms with Gasteiger partial charge in [0.15, 0.2) is 0 Å². The van der Waals surface area contributed by atoms with Crippen molar-refractivity contribution >= 4 is 5.91 Å². The molecule has 1 aliphatic rings. The van der Waals surface area contributed by atoms with Crippen LogP contribution >= 0.6 is 0 Å². The molecule has 0 aromatic carbocycles. The van der Waals surface area contributed by atoms with Crippen LogP contribution in [0.25, 0.3) is 0 Å². The topological polar surface area (TPSA) is 46.3 Å². The smallest absolute Gasteiger partial charge is 0.224 e. The molecule has 0 aromatic rings. The zero-order chi connectivity index (χ0) is 11.4. The maximum Gasteiger partial charge on any atom is 0.224 e. The number of rotatable bonds is 6. The molecule has 0 radical (unpaired) electrons. The average molecular weight is 212 g/mol. The molecule has 3 heteroatoms. The molecule has 3 nitrogen and oxygen atoms in total. The fourth-order valence-electron chi connectivity index (χ4n) is 1.67. The SMILES string of the molecule is CCC(N)CC(=O)N(CC1CC1)C(C)C. The predicted octanol–water partition coefficient (Wildman–Crippen LogP) is 1.76. The molecule has 1 amide bonds. The van der Waals surface area contributed by atoms with Gasteiger partial charge < -0.3 is 10.6 Å². The molecule has 0 aliphatic heterocycles. The summed E-state index contributed by atoms with van der Waals surface area (Å²) in [6.07, 6.45) is 3.95. The third kappa shape index (κ3) is 4.20. The van der Waals surface area contributed by atoms with Gasteiger partial charge in [-0.25, -0.2) is 0 Å². The highest BCUT2D eigenvalue weighted by molar-refractivity contribution is 5.77. The minimum absolute atomic E-state index is 0.0259. The van der Waals surface area contributed by atoms with Gasteiger partial charge in [-0.3, -0.25) is 4.79 Å². The van der Waals surface area contributed by atoms with E-state index in [0.717, 1.165) is 18.9 Å². The van der Waals surface area contributed by atoms with E-state index in [1.807, 2.05) is 11.8 Å². The number of carbonyl (C=O) groups is 1. The third-order valence-electron chi connectivity index (χ3n) is 3.06. The molecule has 0 spiro atoms. The van der Waals surface area contributed by atoms with Crippen molar-refractivity contribution in [3.63, 3.8) is 0 Å². The van der Waals surface area contributed by atoms with Gasteiger partial charge in [0, 0.05) is 25.0 Å². The fourth-order valence-corrected chi connectivity index (χ4v) is 1.67. The Morgan fingerprint density at radius 1 is 1.47 bits per heavy atom. The molecule has 15 heavy (non-hydrogen) atoms. The van der Waals surface area contributed by atoms with E-state index in [1.54, 1.807) is 0 Å². The lowest BCUT2D eigenvalue weighted by atomic mass is 10.1. The van der Waals surface area contributed by atoms with Crippen molar-refractivity contribution in [2.45, 2.75) is 58.5 Å². The number of nitrogens with zero attached hydrogens (tertiary/aromatic N) is 1. The minimum atomic E-state index is 0.0259. The predicted molar refractivity (Wildman–Crippen MR) is 62.5 cm³/mol. The first-order valence-electron chi connectivity index (χ1n) is 6.09. The lowest BCUT2D eigenvalue weighted by Crippen LogP contribution is -2.41. The second-order valence-corrected chi connectivity index (χ2v) is 4.96. The molecule has 0 bridgehead atoms. The van der Waals surface area contributed by atoms with Crippen LogP contribution in [0.2, 0.25) is 0 Å². The van der Waals surface area contributed by atoms with Crippen LogP contribution in [0.3, 0.4) is 0 Å². The van der Waals surface area contributed by atoms with Crippen molar-refractivity contribution < 1.29 is 4.79 Å². The molecular weight excluding hydrogens is 188 g/mol. The molecule has 2 N–H and O–H groups in total. The zero-order valence-corrected chi connectivity index (χ0v) is 10.2. The van der Waals surface area contributed by atoms with Crippen LogP contribution in [-0.4, -0.2) is 29.4 Å². The Morgan fingerprint density at radius 2 is 2.07 bits per heavy atom. The highest BCUT2D eigenvalue weighted by Crippen LogP contribution is 2.30. The van der Waals surface area contributed by atoms with Crippen molar-refractivity contribution in [1.29, 1.82) is 0 Å². The van der Waals surface area contributed by atoms with Crippen LogP contribution in [0.5, 0.6) is 0 Å². The summed E-state index contributed by atoms with van der Waals surface area (Å²) in [5.41, 5.74) is 5.81. The van der Waals surface area contributed by atoms with Gasteiger partial charge in [-0.05, 0) is 39.0 Å². The van der Waals surface area contributed by atoms with Gasteiger partial charge in [0.1, 0.15) is 0 Å². The molecule has 0 saturated heterocycles. The summed E-state index contributed by atoms with van der Waals surface area (Å²) >= 11 is 0. The fraction of sp³-hybridized carbons (Fsp3) is 0.917. The average Bonchev–Trinajstić information content (AvgIpc) is 2.96. The highest BCUT2D eigenvalue weighted by Gasteiger charge is 2.28. The molecule has 1 unspecified atom stereocenters. The van der Waals surface area contributed by atoms with E-state index in [4.69, 9.17) is 5.73 Å². The van der Waals surface area contributed by atoms with Crippen LogP contribution < -0.4 is 5.73 Å². The van der Waals surface area contributed by atoms with Crippen LogP contribution in [0.15, 0.2) is 0 Å². The first-order chi connectivity index (χ1) is 7.04. The van der Waals surface area contributed by atoms with E-state index in [9.17, 15) is 4.79 Å². The second kappa shape index (κ2) is 5.50. The molecule has 88 valence electrons. The summed E-state index contributed by atoms with van der Waals surface area (Å²) in [7, 11) is 0. The highest BCUT2D eigenvalue weighted by atomic mass is 16.2. The van der Waals surface area contributed by atoms with Crippen molar-refractivity contribution in [1.82, 2.24) is 4.90 Å². The monoisotopic (exact) mass is 212 g/mol. The molecule has 1 atom stereocenters. The van der Waals surface area contributed by atoms with Crippen molar-refractivity contribution in [3.05, 3.63) is 0 Å². The maximum atomic E-state index is 12.0. The van der Waals surface area contributed by atoms with Gasteiger partial charge in [-0.1, -0.05) is 6.92 Å². The molecule has 1 saturated carbocycles. The molecule has 1 fully saturated rings. The third-order valence-corrected chi connectivity index (χ3v) is 3.06. The lowest BCUT2D eigenvalue weighted by Gasteiger charge is -2.27. The normalized spacial score (nSPS) is 17.9. The Hall–Kier alpha value is -0.570. The van der Waals surface area contributed by atoms with Crippen molar-refractivity contribution in [2.75, 3.05) is 6.54 Å². The number of carbonyl (C=O) groups excluding carboxylic acids is 1. The summed E-state index contributed by atoms with van der Waals surface area (Å²) in [4.78, 5) is 14.0. The van der Waals surface area contributed by atoms with E-state index in [-0.39, 0.29) is 11.9 Å². The number of hydrogen-bond donors (Lipinski definition) is 1. The Balaban J connectivity index is 2.42. The van der Waals surface area contributed by atoms with Gasteiger partial charge in [0.25, 0.3) is 0 Å². The molecule has 1 rings (SSSR count). The molecule has 0 heterocycles. The number of amides is 1.